The number of fused-ring (bicyclic) bond motifs is 1. The molecule has 0 unspecified atom stereocenters. The molecule has 28 heavy (non-hydrogen) atoms. The fourth-order valence-electron chi connectivity index (χ4n) is 3.58. The van der Waals surface area contributed by atoms with Crippen molar-refractivity contribution >= 4 is 17.7 Å². The lowest BCUT2D eigenvalue weighted by Gasteiger charge is -2.25. The lowest BCUT2D eigenvalue weighted by molar-refractivity contribution is -0.142. The van der Waals surface area contributed by atoms with Gasteiger partial charge in [0.25, 0.3) is 5.56 Å². The molecule has 1 aromatic carbocycles. The van der Waals surface area contributed by atoms with Gasteiger partial charge in [0.1, 0.15) is 5.82 Å². The second-order valence-corrected chi connectivity index (χ2v) is 7.20. The number of carboxylic acid groups (broad SMARTS) is 1. The van der Waals surface area contributed by atoms with E-state index in [2.05, 4.69) is 9.97 Å². The first-order chi connectivity index (χ1) is 13.5. The van der Waals surface area contributed by atoms with E-state index in [1.807, 2.05) is 6.26 Å². The van der Waals surface area contributed by atoms with Crippen molar-refractivity contribution in [3.63, 3.8) is 0 Å². The lowest BCUT2D eigenvalue weighted by Crippen LogP contribution is -2.36. The van der Waals surface area contributed by atoms with Crippen LogP contribution in [0.1, 0.15) is 18.9 Å². The van der Waals surface area contributed by atoms with Gasteiger partial charge in [0.05, 0.1) is 17.0 Å². The van der Waals surface area contributed by atoms with E-state index < -0.39 is 23.4 Å². The van der Waals surface area contributed by atoms with E-state index in [0.717, 1.165) is 0 Å². The highest BCUT2D eigenvalue weighted by atomic mass is 32.2. The summed E-state index contributed by atoms with van der Waals surface area (Å²) in [6, 6.07) is 6.35. The van der Waals surface area contributed by atoms with Crippen molar-refractivity contribution in [1.29, 1.82) is 0 Å². The van der Waals surface area contributed by atoms with E-state index in [0.29, 0.717) is 47.1 Å². The smallest absolute Gasteiger partial charge is 0.328 e. The lowest BCUT2D eigenvalue weighted by atomic mass is 10.0. The van der Waals surface area contributed by atoms with Crippen LogP contribution in [0.15, 0.2) is 46.5 Å². The van der Waals surface area contributed by atoms with Gasteiger partial charge >= 0.3 is 5.97 Å². The molecule has 1 atom stereocenters. The molecule has 0 aliphatic carbocycles. The van der Waals surface area contributed by atoms with Crippen LogP contribution in [0.2, 0.25) is 0 Å². The van der Waals surface area contributed by atoms with Gasteiger partial charge in [-0.05, 0) is 42.9 Å². The van der Waals surface area contributed by atoms with Crippen molar-refractivity contribution in [2.24, 2.45) is 0 Å². The Labute approximate surface area is 163 Å². The fraction of sp³-hybridized carbons (Fsp3) is 0.263. The van der Waals surface area contributed by atoms with Crippen LogP contribution >= 0.6 is 11.8 Å². The summed E-state index contributed by atoms with van der Waals surface area (Å²) in [6.07, 6.45) is 4.46. The molecular formula is C19H17FN4O3S. The largest absolute Gasteiger partial charge is 0.480 e. The van der Waals surface area contributed by atoms with Gasteiger partial charge in [-0.2, -0.15) is 0 Å². The number of carboxylic acids is 1. The molecule has 3 heterocycles. The van der Waals surface area contributed by atoms with Crippen LogP contribution in [0.5, 0.6) is 0 Å². The molecular weight excluding hydrogens is 383 g/mol. The first-order valence-electron chi connectivity index (χ1n) is 8.72. The molecule has 1 aliphatic heterocycles. The number of nitrogens with zero attached hydrogens (tertiary/aromatic N) is 4. The monoisotopic (exact) mass is 400 g/mol. The Morgan fingerprint density at radius 1 is 1.29 bits per heavy atom. The maximum Gasteiger partial charge on any atom is 0.328 e. The van der Waals surface area contributed by atoms with E-state index in [1.54, 1.807) is 16.9 Å². The third-order valence-corrected chi connectivity index (χ3v) is 5.36. The number of halogens is 1. The Balaban J connectivity index is 2.05. The van der Waals surface area contributed by atoms with E-state index in [4.69, 9.17) is 0 Å². The van der Waals surface area contributed by atoms with Gasteiger partial charge in [0, 0.05) is 12.7 Å². The van der Waals surface area contributed by atoms with Crippen LogP contribution in [-0.2, 0) is 11.3 Å². The molecule has 0 saturated heterocycles. The molecule has 7 nitrogen and oxygen atoms in total. The molecule has 9 heteroatoms. The maximum atomic E-state index is 13.4. The number of aromatic nitrogens is 4. The van der Waals surface area contributed by atoms with Crippen molar-refractivity contribution in [1.82, 2.24) is 19.3 Å². The van der Waals surface area contributed by atoms with Gasteiger partial charge in [-0.15, -0.1) is 0 Å². The zero-order valence-electron chi connectivity index (χ0n) is 15.0. The maximum absolute atomic E-state index is 13.4. The van der Waals surface area contributed by atoms with Crippen molar-refractivity contribution < 1.29 is 14.3 Å². The van der Waals surface area contributed by atoms with Gasteiger partial charge in [0.15, 0.2) is 11.2 Å². The standard InChI is InChI=1S/C19H17FN4O3S/c1-28-19-21-9-8-13(22-19)16-15(11-4-6-12(20)7-5-11)17(25)24-14(18(26)27)3-2-10-23(16)24/h4-9,14H,2-3,10H2,1H3,(H,26,27)/t14-/m0/s1. The molecule has 4 rings (SSSR count). The molecule has 0 radical (unpaired) electrons. The summed E-state index contributed by atoms with van der Waals surface area (Å²) in [7, 11) is 0. The van der Waals surface area contributed by atoms with Crippen molar-refractivity contribution in [3.05, 3.63) is 52.7 Å². The first-order valence-corrected chi connectivity index (χ1v) is 9.95. The molecule has 144 valence electrons. The summed E-state index contributed by atoms with van der Waals surface area (Å²) in [6.45, 7) is 0.494. The van der Waals surface area contributed by atoms with Crippen LogP contribution < -0.4 is 5.56 Å². The summed E-state index contributed by atoms with van der Waals surface area (Å²) in [4.78, 5) is 33.7. The Kier molecular flexibility index (Phi) is 4.76. The van der Waals surface area contributed by atoms with Crippen LogP contribution in [-0.4, -0.2) is 36.7 Å². The predicted octanol–water partition coefficient (Wildman–Crippen LogP) is 3.05. The van der Waals surface area contributed by atoms with E-state index in [1.165, 1.54) is 40.7 Å². The SMILES string of the molecule is CSc1nccc(-c2c(-c3ccc(F)cc3)c(=O)n3n2CCC[C@H]3C(=O)O)n1. The minimum Gasteiger partial charge on any atom is -0.480 e. The Morgan fingerprint density at radius 3 is 2.71 bits per heavy atom. The molecule has 0 spiro atoms. The fourth-order valence-corrected chi connectivity index (χ4v) is 3.94. The van der Waals surface area contributed by atoms with E-state index in [9.17, 15) is 19.1 Å². The van der Waals surface area contributed by atoms with E-state index >= 15 is 0 Å². The zero-order valence-corrected chi connectivity index (χ0v) is 15.8. The first kappa shape index (κ1) is 18.4. The van der Waals surface area contributed by atoms with Crippen LogP contribution in [0.4, 0.5) is 4.39 Å². The molecule has 0 saturated carbocycles. The topological polar surface area (TPSA) is 90.0 Å². The summed E-state index contributed by atoms with van der Waals surface area (Å²) in [5.41, 5.74) is 1.47. The van der Waals surface area contributed by atoms with Crippen LogP contribution in [0.3, 0.4) is 0 Å². The predicted molar refractivity (Wildman–Crippen MR) is 103 cm³/mol. The Morgan fingerprint density at radius 2 is 2.04 bits per heavy atom. The number of benzene rings is 1. The molecule has 1 aliphatic rings. The quantitative estimate of drug-likeness (QED) is 0.535. The summed E-state index contributed by atoms with van der Waals surface area (Å²) in [5, 5.41) is 10.2. The van der Waals surface area contributed by atoms with Gasteiger partial charge in [-0.3, -0.25) is 9.48 Å². The van der Waals surface area contributed by atoms with Gasteiger partial charge in [0.2, 0.25) is 0 Å². The second-order valence-electron chi connectivity index (χ2n) is 6.43. The van der Waals surface area contributed by atoms with E-state index in [-0.39, 0.29) is 0 Å². The number of carbonyl (C=O) groups is 1. The Hall–Kier alpha value is -2.94. The van der Waals surface area contributed by atoms with Gasteiger partial charge in [-0.1, -0.05) is 23.9 Å². The highest BCUT2D eigenvalue weighted by Crippen LogP contribution is 2.34. The number of hydrogen-bond donors (Lipinski definition) is 1. The number of hydrogen-bond acceptors (Lipinski definition) is 5. The van der Waals surface area contributed by atoms with Crippen molar-refractivity contribution in [2.45, 2.75) is 30.6 Å². The highest BCUT2D eigenvalue weighted by molar-refractivity contribution is 7.98. The number of thioether (sulfide) groups is 1. The number of rotatable bonds is 4. The summed E-state index contributed by atoms with van der Waals surface area (Å²) >= 11 is 1.37. The minimum absolute atomic E-state index is 0.318. The third-order valence-electron chi connectivity index (χ3n) is 4.80. The average Bonchev–Trinajstić information content (AvgIpc) is 3.01. The summed E-state index contributed by atoms with van der Waals surface area (Å²) in [5.74, 6) is -1.46. The summed E-state index contributed by atoms with van der Waals surface area (Å²) < 4.78 is 16.4. The average molecular weight is 400 g/mol. The molecule has 0 fully saturated rings. The molecule has 0 bridgehead atoms. The highest BCUT2D eigenvalue weighted by Gasteiger charge is 2.33. The van der Waals surface area contributed by atoms with Crippen LogP contribution in [0, 0.1) is 5.82 Å². The van der Waals surface area contributed by atoms with Crippen molar-refractivity contribution in [3.8, 4) is 22.5 Å². The zero-order chi connectivity index (χ0) is 19.8. The number of aliphatic carboxylic acids is 1. The van der Waals surface area contributed by atoms with Gasteiger partial charge in [-0.25, -0.2) is 23.8 Å². The normalized spacial score (nSPS) is 16.0. The molecule has 3 aromatic rings. The van der Waals surface area contributed by atoms with Crippen LogP contribution in [0.25, 0.3) is 22.5 Å². The molecule has 0 amide bonds. The Bertz CT molecular complexity index is 1110. The third kappa shape index (κ3) is 3.01. The second kappa shape index (κ2) is 7.23. The van der Waals surface area contributed by atoms with Crippen molar-refractivity contribution in [2.75, 3.05) is 6.26 Å². The molecule has 1 N–H and O–H groups in total. The molecule has 2 aromatic heterocycles. The minimum atomic E-state index is -1.05. The van der Waals surface area contributed by atoms with Gasteiger partial charge < -0.3 is 5.11 Å².